The molecular weight excluding hydrogens is 322 g/mol. The number of rotatable bonds is 4. The summed E-state index contributed by atoms with van der Waals surface area (Å²) in [5.74, 6) is -0.230. The number of aromatic nitrogens is 2. The standard InChI is InChI=1S/C17H21N5O3/c1-25-17(24)22-10-8-21(9-11-22)7-6-18-16(23)15-12-19-13-4-2-3-5-14(13)20-15/h2-5,12H,6-11H2,1H3,(H,18,23). The first kappa shape index (κ1) is 17.1. The Morgan fingerprint density at radius 3 is 2.60 bits per heavy atom. The Hall–Kier alpha value is -2.74. The Kier molecular flexibility index (Phi) is 5.39. The maximum absolute atomic E-state index is 12.2. The number of carbonyl (C=O) groups is 2. The molecule has 3 rings (SSSR count). The Morgan fingerprint density at radius 1 is 1.16 bits per heavy atom. The van der Waals surface area contributed by atoms with E-state index in [1.807, 2.05) is 24.3 Å². The van der Waals surface area contributed by atoms with E-state index in [-0.39, 0.29) is 12.0 Å². The fraction of sp³-hybridized carbons (Fsp3) is 0.412. The van der Waals surface area contributed by atoms with Crippen LogP contribution in [0.3, 0.4) is 0 Å². The molecule has 0 unspecified atom stereocenters. The molecule has 8 nitrogen and oxygen atoms in total. The topological polar surface area (TPSA) is 87.7 Å². The lowest BCUT2D eigenvalue weighted by Gasteiger charge is -2.33. The molecule has 2 heterocycles. The number of para-hydroxylation sites is 2. The average Bonchev–Trinajstić information content (AvgIpc) is 2.67. The minimum absolute atomic E-state index is 0.230. The van der Waals surface area contributed by atoms with Gasteiger partial charge < -0.3 is 15.0 Å². The van der Waals surface area contributed by atoms with Gasteiger partial charge in [0.2, 0.25) is 0 Å². The van der Waals surface area contributed by atoms with Gasteiger partial charge in [0.05, 0.1) is 24.3 Å². The first-order chi connectivity index (χ1) is 12.2. The van der Waals surface area contributed by atoms with Gasteiger partial charge in [0.15, 0.2) is 0 Å². The van der Waals surface area contributed by atoms with Gasteiger partial charge in [0, 0.05) is 39.3 Å². The third-order valence-electron chi connectivity index (χ3n) is 4.20. The van der Waals surface area contributed by atoms with Crippen molar-refractivity contribution in [1.82, 2.24) is 25.1 Å². The number of hydrogen-bond acceptors (Lipinski definition) is 6. The van der Waals surface area contributed by atoms with E-state index < -0.39 is 0 Å². The van der Waals surface area contributed by atoms with Gasteiger partial charge in [-0.2, -0.15) is 0 Å². The monoisotopic (exact) mass is 343 g/mol. The van der Waals surface area contributed by atoms with Crippen LogP contribution in [0.15, 0.2) is 30.5 Å². The van der Waals surface area contributed by atoms with Crippen molar-refractivity contribution in [3.05, 3.63) is 36.2 Å². The van der Waals surface area contributed by atoms with Gasteiger partial charge >= 0.3 is 6.09 Å². The minimum Gasteiger partial charge on any atom is -0.453 e. The lowest BCUT2D eigenvalue weighted by atomic mass is 10.3. The molecule has 0 atom stereocenters. The Bertz CT molecular complexity index is 759. The van der Waals surface area contributed by atoms with Crippen molar-refractivity contribution in [3.8, 4) is 0 Å². The van der Waals surface area contributed by atoms with Gasteiger partial charge in [-0.05, 0) is 12.1 Å². The summed E-state index contributed by atoms with van der Waals surface area (Å²) in [5.41, 5.74) is 1.78. The van der Waals surface area contributed by atoms with E-state index in [9.17, 15) is 9.59 Å². The van der Waals surface area contributed by atoms with E-state index in [4.69, 9.17) is 4.74 Å². The van der Waals surface area contributed by atoms with Crippen molar-refractivity contribution in [3.63, 3.8) is 0 Å². The van der Waals surface area contributed by atoms with Crippen LogP contribution in [-0.2, 0) is 4.74 Å². The molecule has 1 fully saturated rings. The van der Waals surface area contributed by atoms with Crippen molar-refractivity contribution in [2.45, 2.75) is 0 Å². The van der Waals surface area contributed by atoms with Crippen LogP contribution in [0.5, 0.6) is 0 Å². The molecule has 132 valence electrons. The number of nitrogens with zero attached hydrogens (tertiary/aromatic N) is 4. The Morgan fingerprint density at radius 2 is 1.88 bits per heavy atom. The van der Waals surface area contributed by atoms with Gasteiger partial charge in [-0.3, -0.25) is 14.7 Å². The Labute approximate surface area is 145 Å². The van der Waals surface area contributed by atoms with Gasteiger partial charge in [-0.15, -0.1) is 0 Å². The van der Waals surface area contributed by atoms with E-state index in [0.717, 1.165) is 25.2 Å². The summed E-state index contributed by atoms with van der Waals surface area (Å²) >= 11 is 0. The second-order valence-electron chi connectivity index (χ2n) is 5.80. The third kappa shape index (κ3) is 4.21. The second-order valence-corrected chi connectivity index (χ2v) is 5.80. The highest BCUT2D eigenvalue weighted by atomic mass is 16.5. The summed E-state index contributed by atoms with van der Waals surface area (Å²) in [5, 5.41) is 2.87. The highest BCUT2D eigenvalue weighted by molar-refractivity contribution is 5.93. The van der Waals surface area contributed by atoms with E-state index in [1.54, 1.807) is 4.90 Å². The van der Waals surface area contributed by atoms with Crippen molar-refractivity contribution in [2.24, 2.45) is 0 Å². The molecule has 0 radical (unpaired) electrons. The molecule has 0 spiro atoms. The average molecular weight is 343 g/mol. The van der Waals surface area contributed by atoms with Crippen molar-refractivity contribution < 1.29 is 14.3 Å². The normalized spacial score (nSPS) is 15.2. The van der Waals surface area contributed by atoms with Crippen molar-refractivity contribution in [1.29, 1.82) is 0 Å². The zero-order chi connectivity index (χ0) is 17.6. The molecular formula is C17H21N5O3. The number of nitrogens with one attached hydrogen (secondary N) is 1. The summed E-state index contributed by atoms with van der Waals surface area (Å²) < 4.78 is 4.72. The van der Waals surface area contributed by atoms with Crippen LogP contribution in [0.25, 0.3) is 11.0 Å². The minimum atomic E-state index is -0.289. The fourth-order valence-electron chi connectivity index (χ4n) is 2.77. The van der Waals surface area contributed by atoms with Crippen molar-refractivity contribution >= 4 is 23.0 Å². The van der Waals surface area contributed by atoms with Gasteiger partial charge in [-0.1, -0.05) is 12.1 Å². The lowest BCUT2D eigenvalue weighted by Crippen LogP contribution is -2.50. The summed E-state index contributed by atoms with van der Waals surface area (Å²) in [6.07, 6.45) is 1.20. The summed E-state index contributed by atoms with van der Waals surface area (Å²) in [7, 11) is 1.39. The van der Waals surface area contributed by atoms with Crippen LogP contribution in [0.2, 0.25) is 0 Å². The summed E-state index contributed by atoms with van der Waals surface area (Å²) in [4.78, 5) is 36.1. The predicted octanol–water partition coefficient (Wildman–Crippen LogP) is 0.744. The zero-order valence-corrected chi connectivity index (χ0v) is 14.1. The van der Waals surface area contributed by atoms with Crippen LogP contribution in [-0.4, -0.2) is 78.1 Å². The van der Waals surface area contributed by atoms with Gasteiger partial charge in [0.1, 0.15) is 5.69 Å². The molecule has 1 aromatic heterocycles. The summed E-state index contributed by atoms with van der Waals surface area (Å²) in [6, 6.07) is 7.45. The van der Waals surface area contributed by atoms with Crippen LogP contribution >= 0.6 is 0 Å². The molecule has 1 aromatic carbocycles. The molecule has 0 aliphatic carbocycles. The number of amides is 2. The number of fused-ring (bicyclic) bond motifs is 1. The molecule has 1 saturated heterocycles. The molecule has 2 aromatic rings. The number of benzene rings is 1. The lowest BCUT2D eigenvalue weighted by molar-refractivity contribution is 0.0883. The van der Waals surface area contributed by atoms with Crippen LogP contribution in [0.4, 0.5) is 4.79 Å². The van der Waals surface area contributed by atoms with Crippen LogP contribution < -0.4 is 5.32 Å². The van der Waals surface area contributed by atoms with Gasteiger partial charge in [-0.25, -0.2) is 9.78 Å². The largest absolute Gasteiger partial charge is 0.453 e. The van der Waals surface area contributed by atoms with Crippen molar-refractivity contribution in [2.75, 3.05) is 46.4 Å². The van der Waals surface area contributed by atoms with E-state index in [1.165, 1.54) is 13.3 Å². The molecule has 0 bridgehead atoms. The molecule has 1 aliphatic heterocycles. The number of hydrogen-bond donors (Lipinski definition) is 1. The van der Waals surface area contributed by atoms with Gasteiger partial charge in [0.25, 0.3) is 5.91 Å². The zero-order valence-electron chi connectivity index (χ0n) is 14.1. The SMILES string of the molecule is COC(=O)N1CCN(CCNC(=O)c2cnc3ccccc3n2)CC1. The summed E-state index contributed by atoms with van der Waals surface area (Å²) in [6.45, 7) is 4.04. The predicted molar refractivity (Wildman–Crippen MR) is 92.3 cm³/mol. The third-order valence-corrected chi connectivity index (χ3v) is 4.20. The van der Waals surface area contributed by atoms with E-state index in [2.05, 4.69) is 20.2 Å². The van der Waals surface area contributed by atoms with Crippen LogP contribution in [0.1, 0.15) is 10.5 Å². The number of piperazine rings is 1. The fourth-order valence-corrected chi connectivity index (χ4v) is 2.77. The Balaban J connectivity index is 1.45. The highest BCUT2D eigenvalue weighted by Crippen LogP contribution is 2.08. The maximum Gasteiger partial charge on any atom is 0.409 e. The number of methoxy groups -OCH3 is 1. The van der Waals surface area contributed by atoms with E-state index >= 15 is 0 Å². The first-order valence-corrected chi connectivity index (χ1v) is 8.22. The molecule has 25 heavy (non-hydrogen) atoms. The van der Waals surface area contributed by atoms with E-state index in [0.29, 0.717) is 30.8 Å². The molecule has 1 aliphatic rings. The molecule has 1 N–H and O–H groups in total. The first-order valence-electron chi connectivity index (χ1n) is 8.22. The number of carbonyl (C=O) groups excluding carboxylic acids is 2. The molecule has 2 amide bonds. The maximum atomic E-state index is 12.2. The quantitative estimate of drug-likeness (QED) is 0.881. The highest BCUT2D eigenvalue weighted by Gasteiger charge is 2.21. The number of ether oxygens (including phenoxy) is 1. The molecule has 0 saturated carbocycles. The van der Waals surface area contributed by atoms with Crippen LogP contribution in [0, 0.1) is 0 Å². The molecule has 8 heteroatoms. The smallest absolute Gasteiger partial charge is 0.409 e. The second kappa shape index (κ2) is 7.89.